The predicted molar refractivity (Wildman–Crippen MR) is 89.5 cm³/mol. The third-order valence-corrected chi connectivity index (χ3v) is 3.63. The van der Waals surface area contributed by atoms with Crippen molar-refractivity contribution in [2.45, 2.75) is 0 Å². The van der Waals surface area contributed by atoms with Crippen molar-refractivity contribution >= 4 is 5.69 Å². The Labute approximate surface area is 141 Å². The first kappa shape index (κ1) is 14.8. The normalized spacial score (nSPS) is 10.7. The second-order valence-electron chi connectivity index (χ2n) is 5.25. The molecule has 0 fully saturated rings. The van der Waals surface area contributed by atoms with Crippen LogP contribution in [0, 0.1) is 10.1 Å². The predicted octanol–water partition coefficient (Wildman–Crippen LogP) is 4.57. The second kappa shape index (κ2) is 6.04. The Morgan fingerprint density at radius 3 is 1.80 bits per heavy atom. The quantitative estimate of drug-likeness (QED) is 0.401. The summed E-state index contributed by atoms with van der Waals surface area (Å²) in [5, 5.41) is 10.7. The molecule has 7 heteroatoms. The summed E-state index contributed by atoms with van der Waals surface area (Å²) in [4.78, 5) is 19.0. The molecule has 0 atom stereocenters. The monoisotopic (exact) mass is 333 g/mol. The third kappa shape index (κ3) is 2.90. The molecule has 25 heavy (non-hydrogen) atoms. The van der Waals surface area contributed by atoms with E-state index in [4.69, 9.17) is 8.83 Å². The van der Waals surface area contributed by atoms with Crippen molar-refractivity contribution in [3.8, 4) is 34.3 Å². The maximum atomic E-state index is 10.7. The van der Waals surface area contributed by atoms with Crippen molar-refractivity contribution in [2.24, 2.45) is 0 Å². The van der Waals surface area contributed by atoms with Crippen LogP contribution in [0.25, 0.3) is 34.3 Å². The number of hydrogen-bond donors (Lipinski definition) is 0. The zero-order valence-corrected chi connectivity index (χ0v) is 12.8. The van der Waals surface area contributed by atoms with Gasteiger partial charge in [0.15, 0.2) is 0 Å². The molecule has 0 unspecified atom stereocenters. The van der Waals surface area contributed by atoms with E-state index in [0.29, 0.717) is 17.0 Å². The summed E-state index contributed by atoms with van der Waals surface area (Å²) >= 11 is 0. The molecule has 0 radical (unpaired) electrons. The lowest BCUT2D eigenvalue weighted by Gasteiger charge is -1.94. The average molecular weight is 333 g/mol. The van der Waals surface area contributed by atoms with E-state index in [1.54, 1.807) is 18.4 Å². The molecule has 2 heterocycles. The van der Waals surface area contributed by atoms with Gasteiger partial charge in [-0.3, -0.25) is 10.1 Å². The van der Waals surface area contributed by atoms with E-state index in [-0.39, 0.29) is 17.5 Å². The maximum absolute atomic E-state index is 10.7. The van der Waals surface area contributed by atoms with Gasteiger partial charge in [0.05, 0.1) is 4.92 Å². The number of hydrogen-bond acceptors (Lipinski definition) is 6. The molecular weight excluding hydrogens is 322 g/mol. The van der Waals surface area contributed by atoms with Gasteiger partial charge in [-0.05, 0) is 12.1 Å². The molecule has 0 saturated carbocycles. The van der Waals surface area contributed by atoms with E-state index in [0.717, 1.165) is 5.56 Å². The Bertz CT molecular complexity index is 1020. The van der Waals surface area contributed by atoms with E-state index in [1.165, 1.54) is 18.4 Å². The number of aromatic nitrogens is 2. The Morgan fingerprint density at radius 2 is 1.28 bits per heavy atom. The summed E-state index contributed by atoms with van der Waals surface area (Å²) in [7, 11) is 0. The molecule has 0 spiro atoms. The van der Waals surface area contributed by atoms with Crippen LogP contribution in [-0.2, 0) is 0 Å². The van der Waals surface area contributed by atoms with Gasteiger partial charge < -0.3 is 8.83 Å². The van der Waals surface area contributed by atoms with Crippen LogP contribution in [0.5, 0.6) is 0 Å². The van der Waals surface area contributed by atoms with Gasteiger partial charge in [0.25, 0.3) is 17.5 Å². The van der Waals surface area contributed by atoms with Crippen LogP contribution in [0.15, 0.2) is 76.0 Å². The highest BCUT2D eigenvalue weighted by Crippen LogP contribution is 2.27. The lowest BCUT2D eigenvalue weighted by atomic mass is 10.1. The second-order valence-corrected chi connectivity index (χ2v) is 5.25. The lowest BCUT2D eigenvalue weighted by Crippen LogP contribution is -1.87. The van der Waals surface area contributed by atoms with Gasteiger partial charge >= 0.3 is 0 Å². The fraction of sp³-hybridized carbons (Fsp3) is 0. The first-order valence-corrected chi connectivity index (χ1v) is 7.42. The van der Waals surface area contributed by atoms with Crippen LogP contribution >= 0.6 is 0 Å². The zero-order chi connectivity index (χ0) is 17.2. The summed E-state index contributed by atoms with van der Waals surface area (Å²) in [5.41, 5.74) is 2.89. The summed E-state index contributed by atoms with van der Waals surface area (Å²) in [5.74, 6) is 0.516. The molecule has 4 rings (SSSR count). The van der Waals surface area contributed by atoms with Crippen LogP contribution < -0.4 is 0 Å². The lowest BCUT2D eigenvalue weighted by molar-refractivity contribution is -0.384. The molecular formula is C18H11N3O4. The van der Waals surface area contributed by atoms with Crippen molar-refractivity contribution < 1.29 is 13.8 Å². The summed E-state index contributed by atoms with van der Waals surface area (Å²) in [6.07, 6.45) is 3.00. The van der Waals surface area contributed by atoms with Crippen LogP contribution in [0.1, 0.15) is 0 Å². The molecule has 0 aliphatic rings. The Balaban J connectivity index is 1.61. The molecule has 0 bridgehead atoms. The fourth-order valence-corrected chi connectivity index (χ4v) is 2.37. The van der Waals surface area contributed by atoms with Gasteiger partial charge in [0, 0.05) is 23.3 Å². The van der Waals surface area contributed by atoms with Crippen molar-refractivity contribution in [1.82, 2.24) is 9.97 Å². The van der Waals surface area contributed by atoms with Gasteiger partial charge in [-0.2, -0.15) is 0 Å². The topological polar surface area (TPSA) is 95.2 Å². The Morgan fingerprint density at radius 1 is 0.760 bits per heavy atom. The number of nitrogens with zero attached hydrogens (tertiary/aromatic N) is 3. The molecule has 4 aromatic rings. The molecule has 2 aromatic heterocycles. The number of nitro benzene ring substituents is 1. The van der Waals surface area contributed by atoms with Crippen LogP contribution in [0.4, 0.5) is 5.69 Å². The van der Waals surface area contributed by atoms with Crippen molar-refractivity contribution in [2.75, 3.05) is 0 Å². The van der Waals surface area contributed by atoms with E-state index in [1.807, 2.05) is 30.3 Å². The van der Waals surface area contributed by atoms with Gasteiger partial charge in [-0.15, -0.1) is 0 Å². The highest BCUT2D eigenvalue weighted by molar-refractivity contribution is 5.63. The summed E-state index contributed by atoms with van der Waals surface area (Å²) < 4.78 is 10.9. The maximum Gasteiger partial charge on any atom is 0.284 e. The van der Waals surface area contributed by atoms with Gasteiger partial charge in [0.2, 0.25) is 0 Å². The van der Waals surface area contributed by atoms with Crippen LogP contribution in [0.3, 0.4) is 0 Å². The number of benzene rings is 2. The minimum absolute atomic E-state index is 0.0210. The summed E-state index contributed by atoms with van der Waals surface area (Å²) in [6, 6.07) is 15.7. The largest absolute Gasteiger partial charge is 0.440 e. The highest BCUT2D eigenvalue weighted by atomic mass is 16.6. The molecule has 0 amide bonds. The number of oxazole rings is 2. The molecule has 0 aliphatic carbocycles. The van der Waals surface area contributed by atoms with E-state index >= 15 is 0 Å². The highest BCUT2D eigenvalue weighted by Gasteiger charge is 2.15. The van der Waals surface area contributed by atoms with E-state index in [2.05, 4.69) is 9.97 Å². The minimum atomic E-state index is -0.449. The minimum Gasteiger partial charge on any atom is -0.440 e. The third-order valence-electron chi connectivity index (χ3n) is 3.63. The first-order valence-electron chi connectivity index (χ1n) is 7.42. The first-order chi connectivity index (χ1) is 12.2. The Kier molecular flexibility index (Phi) is 3.59. The van der Waals surface area contributed by atoms with Gasteiger partial charge in [0.1, 0.15) is 23.9 Å². The van der Waals surface area contributed by atoms with Crippen molar-refractivity contribution in [3.05, 3.63) is 77.2 Å². The molecule has 7 nitrogen and oxygen atoms in total. The number of rotatable bonds is 4. The van der Waals surface area contributed by atoms with Gasteiger partial charge in [-0.25, -0.2) is 9.97 Å². The molecule has 0 aliphatic heterocycles. The van der Waals surface area contributed by atoms with Crippen LogP contribution in [-0.4, -0.2) is 14.9 Å². The van der Waals surface area contributed by atoms with Gasteiger partial charge in [-0.1, -0.05) is 30.3 Å². The molecule has 2 aromatic carbocycles. The fourth-order valence-electron chi connectivity index (χ4n) is 2.37. The average Bonchev–Trinajstić information content (AvgIpc) is 3.32. The zero-order valence-electron chi connectivity index (χ0n) is 12.8. The number of non-ortho nitro benzene ring substituents is 1. The standard InChI is InChI=1S/C18H11N3O4/c22-21(23)14-8-6-13(7-9-14)16-11-25-18(20-16)17-19-15(10-24-17)12-4-2-1-3-5-12/h1-11H. The SMILES string of the molecule is O=[N+]([O-])c1ccc(-c2coc(-c3nc(-c4ccccc4)co3)n2)cc1. The Hall–Kier alpha value is -3.74. The smallest absolute Gasteiger partial charge is 0.284 e. The molecule has 0 saturated heterocycles. The summed E-state index contributed by atoms with van der Waals surface area (Å²) in [6.45, 7) is 0. The molecule has 0 N–H and O–H groups in total. The molecule has 122 valence electrons. The van der Waals surface area contributed by atoms with Crippen LogP contribution in [0.2, 0.25) is 0 Å². The van der Waals surface area contributed by atoms with E-state index in [9.17, 15) is 10.1 Å². The van der Waals surface area contributed by atoms with Crippen molar-refractivity contribution in [3.63, 3.8) is 0 Å². The number of nitro groups is 1. The van der Waals surface area contributed by atoms with E-state index < -0.39 is 4.92 Å². The van der Waals surface area contributed by atoms with Crippen molar-refractivity contribution in [1.29, 1.82) is 0 Å².